The molecular formula is C21H18IN3O3S. The van der Waals surface area contributed by atoms with Crippen LogP contribution in [0.1, 0.15) is 11.3 Å². The van der Waals surface area contributed by atoms with Gasteiger partial charge in [-0.15, -0.1) is 0 Å². The monoisotopic (exact) mass is 519 g/mol. The second-order valence-electron chi connectivity index (χ2n) is 6.81. The fourth-order valence-electron chi connectivity index (χ4n) is 3.24. The molecule has 0 radical (unpaired) electrons. The molecule has 0 saturated heterocycles. The molecule has 2 aromatic carbocycles. The summed E-state index contributed by atoms with van der Waals surface area (Å²) in [7, 11) is 3.30. The molecule has 0 amide bonds. The minimum absolute atomic E-state index is 0.350. The summed E-state index contributed by atoms with van der Waals surface area (Å²) in [6.07, 6.45) is 0. The van der Waals surface area contributed by atoms with Crippen LogP contribution < -0.4 is 16.0 Å². The fourth-order valence-corrected chi connectivity index (χ4v) is 4.48. The van der Waals surface area contributed by atoms with E-state index in [0.717, 1.165) is 36.2 Å². The minimum Gasteiger partial charge on any atom is -0.496 e. The van der Waals surface area contributed by atoms with Crippen molar-refractivity contribution in [3.8, 4) is 22.7 Å². The van der Waals surface area contributed by atoms with Crippen LogP contribution in [-0.2, 0) is 7.05 Å². The fraction of sp³-hybridized carbons (Fsp3) is 0.190. The molecule has 0 unspecified atom stereocenters. The van der Waals surface area contributed by atoms with Crippen molar-refractivity contribution in [2.24, 2.45) is 7.05 Å². The van der Waals surface area contributed by atoms with Gasteiger partial charge in [-0.05, 0) is 83.9 Å². The lowest BCUT2D eigenvalue weighted by Gasteiger charge is -2.11. The second kappa shape index (κ2) is 7.42. The first-order valence-corrected chi connectivity index (χ1v) is 10.7. The first-order chi connectivity index (χ1) is 13.8. The van der Waals surface area contributed by atoms with Gasteiger partial charge >= 0.3 is 5.69 Å². The SMILES string of the molecule is COc1cc(C)c(I)cc1-c1nsc2ccc(-n3c(=O)cc(C)n(C)c3=O)cc12. The summed E-state index contributed by atoms with van der Waals surface area (Å²) in [4.78, 5) is 25.3. The summed E-state index contributed by atoms with van der Waals surface area (Å²) >= 11 is 3.67. The van der Waals surface area contributed by atoms with Crippen LogP contribution in [0.4, 0.5) is 0 Å². The number of hydrogen-bond donors (Lipinski definition) is 0. The quantitative estimate of drug-likeness (QED) is 0.384. The van der Waals surface area contributed by atoms with Gasteiger partial charge < -0.3 is 9.30 Å². The molecule has 0 saturated carbocycles. The van der Waals surface area contributed by atoms with E-state index < -0.39 is 0 Å². The van der Waals surface area contributed by atoms with E-state index in [9.17, 15) is 9.59 Å². The van der Waals surface area contributed by atoms with E-state index in [1.54, 1.807) is 27.1 Å². The van der Waals surface area contributed by atoms with Gasteiger partial charge in [-0.25, -0.2) is 9.36 Å². The van der Waals surface area contributed by atoms with Gasteiger partial charge in [-0.1, -0.05) is 0 Å². The molecule has 0 fully saturated rings. The van der Waals surface area contributed by atoms with E-state index in [-0.39, 0.29) is 11.2 Å². The summed E-state index contributed by atoms with van der Waals surface area (Å²) in [6, 6.07) is 11.0. The highest BCUT2D eigenvalue weighted by Gasteiger charge is 2.17. The van der Waals surface area contributed by atoms with Crippen LogP contribution >= 0.6 is 34.1 Å². The maximum atomic E-state index is 12.7. The van der Waals surface area contributed by atoms with Crippen molar-refractivity contribution >= 4 is 44.2 Å². The van der Waals surface area contributed by atoms with Crippen molar-refractivity contribution in [2.75, 3.05) is 7.11 Å². The van der Waals surface area contributed by atoms with Crippen LogP contribution in [-0.4, -0.2) is 20.6 Å². The molecule has 0 aliphatic heterocycles. The van der Waals surface area contributed by atoms with Crippen molar-refractivity contribution in [1.29, 1.82) is 0 Å². The smallest absolute Gasteiger partial charge is 0.335 e. The van der Waals surface area contributed by atoms with Crippen molar-refractivity contribution in [3.05, 3.63) is 72.1 Å². The molecular weight excluding hydrogens is 501 g/mol. The zero-order chi connectivity index (χ0) is 20.9. The maximum absolute atomic E-state index is 12.7. The van der Waals surface area contributed by atoms with Gasteiger partial charge in [0.15, 0.2) is 0 Å². The molecule has 6 nitrogen and oxygen atoms in total. The summed E-state index contributed by atoms with van der Waals surface area (Å²) in [5, 5.41) is 0.875. The molecule has 0 N–H and O–H groups in total. The van der Waals surface area contributed by atoms with Crippen molar-refractivity contribution in [3.63, 3.8) is 0 Å². The van der Waals surface area contributed by atoms with Gasteiger partial charge in [-0.2, -0.15) is 4.37 Å². The molecule has 4 rings (SSSR count). The van der Waals surface area contributed by atoms with Crippen LogP contribution in [0, 0.1) is 17.4 Å². The van der Waals surface area contributed by atoms with E-state index in [0.29, 0.717) is 11.4 Å². The number of aromatic nitrogens is 3. The molecule has 0 bridgehead atoms. The van der Waals surface area contributed by atoms with Gasteiger partial charge in [-0.3, -0.25) is 4.79 Å². The first-order valence-electron chi connectivity index (χ1n) is 8.86. The van der Waals surface area contributed by atoms with Crippen LogP contribution in [0.3, 0.4) is 0 Å². The first kappa shape index (κ1) is 19.8. The van der Waals surface area contributed by atoms with E-state index in [2.05, 4.69) is 27.0 Å². The number of methoxy groups -OCH3 is 1. The van der Waals surface area contributed by atoms with Crippen molar-refractivity contribution in [1.82, 2.24) is 13.5 Å². The molecule has 2 aromatic heterocycles. The Hall–Kier alpha value is -2.46. The number of aryl methyl sites for hydroxylation is 2. The number of halogens is 1. The molecule has 8 heteroatoms. The van der Waals surface area contributed by atoms with Crippen LogP contribution in [0.2, 0.25) is 0 Å². The van der Waals surface area contributed by atoms with Crippen LogP contribution in [0.25, 0.3) is 27.0 Å². The molecule has 4 aromatic rings. The highest BCUT2D eigenvalue weighted by atomic mass is 127. The maximum Gasteiger partial charge on any atom is 0.335 e. The predicted molar refractivity (Wildman–Crippen MR) is 125 cm³/mol. The second-order valence-corrected chi connectivity index (χ2v) is 8.78. The molecule has 29 heavy (non-hydrogen) atoms. The Labute approximate surface area is 184 Å². The third kappa shape index (κ3) is 3.29. The molecule has 148 valence electrons. The molecule has 2 heterocycles. The predicted octanol–water partition coefficient (Wildman–Crippen LogP) is 4.04. The lowest BCUT2D eigenvalue weighted by Crippen LogP contribution is -2.38. The summed E-state index contributed by atoms with van der Waals surface area (Å²) < 4.78 is 15.0. The molecule has 0 aliphatic rings. The van der Waals surface area contributed by atoms with E-state index in [1.165, 1.54) is 26.7 Å². The Balaban J connectivity index is 1.99. The standard InChI is InChI=1S/C21H18IN3O3S/c1-11-7-17(28-4)14(10-16(11)22)20-15-9-13(5-6-18(15)29-23-20)25-19(26)8-12(2)24(3)21(25)27/h5-10H,1-4H3. The Morgan fingerprint density at radius 1 is 1.10 bits per heavy atom. The number of hydrogen-bond acceptors (Lipinski definition) is 5. The highest BCUT2D eigenvalue weighted by Crippen LogP contribution is 2.38. The van der Waals surface area contributed by atoms with E-state index in [1.807, 2.05) is 31.2 Å². The molecule has 0 spiro atoms. The summed E-state index contributed by atoms with van der Waals surface area (Å²) in [6.45, 7) is 3.77. The average Bonchev–Trinajstić information content (AvgIpc) is 3.11. The van der Waals surface area contributed by atoms with Crippen LogP contribution in [0.15, 0.2) is 46.0 Å². The van der Waals surface area contributed by atoms with E-state index in [4.69, 9.17) is 4.74 Å². The Kier molecular flexibility index (Phi) is 5.07. The van der Waals surface area contributed by atoms with Crippen molar-refractivity contribution < 1.29 is 4.74 Å². The third-order valence-electron chi connectivity index (χ3n) is 5.01. The Morgan fingerprint density at radius 3 is 2.59 bits per heavy atom. The number of fused-ring (bicyclic) bond motifs is 1. The normalized spacial score (nSPS) is 11.2. The summed E-state index contributed by atoms with van der Waals surface area (Å²) in [5.41, 5.74) is 3.20. The zero-order valence-electron chi connectivity index (χ0n) is 16.3. The number of nitrogens with zero attached hydrogens (tertiary/aromatic N) is 3. The summed E-state index contributed by atoms with van der Waals surface area (Å²) in [5.74, 6) is 0.740. The minimum atomic E-state index is -0.374. The van der Waals surface area contributed by atoms with Crippen molar-refractivity contribution in [2.45, 2.75) is 13.8 Å². The number of benzene rings is 2. The van der Waals surface area contributed by atoms with Gasteiger partial charge in [0.2, 0.25) is 0 Å². The lowest BCUT2D eigenvalue weighted by molar-refractivity contribution is 0.416. The average molecular weight is 519 g/mol. The number of ether oxygens (including phenoxy) is 1. The molecule has 0 aliphatic carbocycles. The van der Waals surface area contributed by atoms with Gasteiger partial charge in [0.1, 0.15) is 5.75 Å². The largest absolute Gasteiger partial charge is 0.496 e. The Morgan fingerprint density at radius 2 is 1.86 bits per heavy atom. The lowest BCUT2D eigenvalue weighted by atomic mass is 10.0. The van der Waals surface area contributed by atoms with Crippen LogP contribution in [0.5, 0.6) is 5.75 Å². The Bertz CT molecular complexity index is 1380. The van der Waals surface area contributed by atoms with Gasteiger partial charge in [0.25, 0.3) is 5.56 Å². The highest BCUT2D eigenvalue weighted by molar-refractivity contribution is 14.1. The molecule has 0 atom stereocenters. The van der Waals surface area contributed by atoms with Gasteiger partial charge in [0.05, 0.1) is 23.2 Å². The third-order valence-corrected chi connectivity index (χ3v) is 7.00. The number of rotatable bonds is 3. The van der Waals surface area contributed by atoms with Gasteiger partial charge in [0, 0.05) is 33.3 Å². The van der Waals surface area contributed by atoms with E-state index >= 15 is 0 Å². The topological polar surface area (TPSA) is 66.1 Å². The zero-order valence-corrected chi connectivity index (χ0v) is 19.3.